The first kappa shape index (κ1) is 31.3. The summed E-state index contributed by atoms with van der Waals surface area (Å²) in [6, 6.07) is 19.3. The Morgan fingerprint density at radius 2 is 1.62 bits per heavy atom. The minimum atomic E-state index is -2.80. The van der Waals surface area contributed by atoms with Gasteiger partial charge < -0.3 is 28.8 Å². The van der Waals surface area contributed by atoms with Gasteiger partial charge in [-0.05, 0) is 36.4 Å². The van der Waals surface area contributed by atoms with Crippen LogP contribution in [0.5, 0.6) is 28.9 Å². The van der Waals surface area contributed by atoms with Gasteiger partial charge in [-0.1, -0.05) is 30.3 Å². The van der Waals surface area contributed by atoms with Crippen molar-refractivity contribution in [3.8, 4) is 28.9 Å². The van der Waals surface area contributed by atoms with Crippen LogP contribution in [0.25, 0.3) is 0 Å². The number of aliphatic hydroxyl groups is 1. The molecule has 0 saturated heterocycles. The normalized spacial score (nSPS) is 9.86. The molecule has 220 valence electrons. The second-order valence-corrected chi connectivity index (χ2v) is 8.24. The zero-order valence-electron chi connectivity index (χ0n) is 22.3. The molecule has 2 heterocycles. The van der Waals surface area contributed by atoms with Gasteiger partial charge in [0.15, 0.2) is 11.5 Å². The number of anilines is 1. The van der Waals surface area contributed by atoms with Crippen LogP contribution >= 0.6 is 0 Å². The number of methoxy groups -OCH3 is 1. The molecule has 0 atom stereocenters. The fraction of sp³-hybridized carbons (Fsp3) is 0.185. The highest BCUT2D eigenvalue weighted by atomic mass is 32.2. The largest absolute Gasteiger partial charge is 0.493 e. The Morgan fingerprint density at radius 1 is 0.905 bits per heavy atom. The Morgan fingerprint density at radius 3 is 2.31 bits per heavy atom. The maximum absolute atomic E-state index is 11.8. The lowest BCUT2D eigenvalue weighted by atomic mass is 10.3. The van der Waals surface area contributed by atoms with E-state index in [1.165, 1.54) is 19.5 Å². The van der Waals surface area contributed by atoms with Crippen molar-refractivity contribution in [1.29, 1.82) is 0 Å². The van der Waals surface area contributed by atoms with E-state index in [1.54, 1.807) is 36.4 Å². The van der Waals surface area contributed by atoms with E-state index in [4.69, 9.17) is 28.8 Å². The van der Waals surface area contributed by atoms with Gasteiger partial charge in [0.05, 0.1) is 13.7 Å². The minimum absolute atomic E-state index is 0.0644. The first-order chi connectivity index (χ1) is 20.5. The molecule has 0 saturated carbocycles. The van der Waals surface area contributed by atoms with Gasteiger partial charge in [-0.25, -0.2) is 9.78 Å². The maximum Gasteiger partial charge on any atom is 0.411 e. The Bertz CT molecular complexity index is 1530. The molecular formula is C27H27N5O9S. The molecule has 2 N–H and O–H groups in total. The van der Waals surface area contributed by atoms with Crippen LogP contribution in [0.2, 0.25) is 0 Å². The molecule has 0 unspecified atom stereocenters. The lowest BCUT2D eigenvalue weighted by Gasteiger charge is -2.14. The number of aliphatic hydroxyl groups excluding tert-OH is 1. The van der Waals surface area contributed by atoms with Crippen LogP contribution in [-0.2, 0) is 15.2 Å². The number of amides is 1. The van der Waals surface area contributed by atoms with Crippen molar-refractivity contribution in [2.75, 3.05) is 38.9 Å². The lowest BCUT2D eigenvalue weighted by Crippen LogP contribution is -2.18. The Balaban J connectivity index is 0.000000408. The monoisotopic (exact) mass is 597 g/mol. The van der Waals surface area contributed by atoms with Crippen LogP contribution in [0.4, 0.5) is 16.3 Å². The standard InChI is InChI=1S/C19H17N5O7S.C8H10O2/c1-28-14-4-2-3-5-15(14)31-16-17(24-32(26)27)21-12-22-18(16)29-10-11-30-19(25)23-13-6-8-20-9-7-13;9-6-7-10-8-4-2-1-3-5-8/h2-9,12H,10-11H2,1H3,(H,20,23,25);1-5,9H,6-7H2. The van der Waals surface area contributed by atoms with E-state index in [0.717, 1.165) is 12.1 Å². The molecule has 2 aromatic carbocycles. The molecule has 0 aliphatic rings. The average Bonchev–Trinajstić information content (AvgIpc) is 3.01. The SMILES string of the molecule is COc1ccccc1Oc1c(N=S(=O)=O)ncnc1OCCOC(=O)Nc1ccncc1.OCCOc1ccccc1. The molecule has 0 spiro atoms. The number of carbonyl (C=O) groups excluding carboxylic acids is 1. The summed E-state index contributed by atoms with van der Waals surface area (Å²) in [6.45, 7) is 0.191. The van der Waals surface area contributed by atoms with E-state index >= 15 is 0 Å². The summed E-state index contributed by atoms with van der Waals surface area (Å²) in [4.78, 5) is 23.4. The number of nitrogens with one attached hydrogen (secondary N) is 1. The Hall–Kier alpha value is -5.28. The number of rotatable bonds is 12. The molecule has 4 rings (SSSR count). The zero-order chi connectivity index (χ0) is 30.0. The van der Waals surface area contributed by atoms with Crippen molar-refractivity contribution in [3.63, 3.8) is 0 Å². The number of hydrogen-bond acceptors (Lipinski definition) is 13. The number of ether oxygens (including phenoxy) is 5. The summed E-state index contributed by atoms with van der Waals surface area (Å²) >= 11 is 0. The summed E-state index contributed by atoms with van der Waals surface area (Å²) < 4.78 is 52.2. The van der Waals surface area contributed by atoms with Gasteiger partial charge in [-0.3, -0.25) is 10.3 Å². The van der Waals surface area contributed by atoms with Crippen LogP contribution in [0.15, 0.2) is 89.8 Å². The van der Waals surface area contributed by atoms with E-state index in [0.29, 0.717) is 18.0 Å². The number of hydrogen-bond donors (Lipinski definition) is 2. The van der Waals surface area contributed by atoms with E-state index in [2.05, 4.69) is 24.6 Å². The van der Waals surface area contributed by atoms with Crippen LogP contribution in [-0.4, -0.2) is 68.1 Å². The third-order valence-corrected chi connectivity index (χ3v) is 5.10. The summed E-state index contributed by atoms with van der Waals surface area (Å²) in [5.74, 6) is 0.918. The molecule has 0 radical (unpaired) electrons. The van der Waals surface area contributed by atoms with Gasteiger partial charge in [0.1, 0.15) is 31.9 Å². The van der Waals surface area contributed by atoms with Gasteiger partial charge in [0.25, 0.3) is 5.88 Å². The van der Waals surface area contributed by atoms with E-state index in [1.807, 2.05) is 30.3 Å². The van der Waals surface area contributed by atoms with Crippen LogP contribution < -0.4 is 24.3 Å². The predicted molar refractivity (Wildman–Crippen MR) is 150 cm³/mol. The van der Waals surface area contributed by atoms with Crippen molar-refractivity contribution >= 4 is 28.1 Å². The first-order valence-electron chi connectivity index (χ1n) is 12.2. The van der Waals surface area contributed by atoms with E-state index < -0.39 is 16.6 Å². The molecule has 15 heteroatoms. The Labute approximate surface area is 242 Å². The lowest BCUT2D eigenvalue weighted by molar-refractivity contribution is 0.135. The number of benzene rings is 2. The number of nitrogens with zero attached hydrogens (tertiary/aromatic N) is 4. The molecule has 2 aromatic heterocycles. The van der Waals surface area contributed by atoms with Crippen molar-refractivity contribution in [2.24, 2.45) is 4.36 Å². The van der Waals surface area contributed by atoms with Gasteiger partial charge >= 0.3 is 16.6 Å². The van der Waals surface area contributed by atoms with Gasteiger partial charge in [0, 0.05) is 18.1 Å². The summed E-state index contributed by atoms with van der Waals surface area (Å²) in [5.41, 5.74) is 0.520. The summed E-state index contributed by atoms with van der Waals surface area (Å²) in [6.07, 6.45) is 3.42. The van der Waals surface area contributed by atoms with Crippen molar-refractivity contribution < 1.29 is 42.0 Å². The zero-order valence-corrected chi connectivity index (χ0v) is 23.1. The third kappa shape index (κ3) is 10.7. The third-order valence-electron chi connectivity index (χ3n) is 4.78. The molecule has 0 bridgehead atoms. The number of pyridine rings is 1. The van der Waals surface area contributed by atoms with Crippen LogP contribution in [0.3, 0.4) is 0 Å². The molecule has 0 fully saturated rings. The van der Waals surface area contributed by atoms with E-state index in [-0.39, 0.29) is 43.0 Å². The topological polar surface area (TPSA) is 181 Å². The smallest absolute Gasteiger partial charge is 0.411 e. The highest BCUT2D eigenvalue weighted by molar-refractivity contribution is 7.61. The molecule has 14 nitrogen and oxygen atoms in total. The molecular weight excluding hydrogens is 570 g/mol. The number of para-hydroxylation sites is 3. The fourth-order valence-corrected chi connectivity index (χ4v) is 3.30. The average molecular weight is 598 g/mol. The van der Waals surface area contributed by atoms with Gasteiger partial charge in [-0.15, -0.1) is 4.36 Å². The number of aromatic nitrogens is 3. The van der Waals surface area contributed by atoms with Crippen molar-refractivity contribution in [2.45, 2.75) is 0 Å². The molecule has 42 heavy (non-hydrogen) atoms. The van der Waals surface area contributed by atoms with Gasteiger partial charge in [-0.2, -0.15) is 13.4 Å². The second-order valence-electron chi connectivity index (χ2n) is 7.62. The molecule has 1 amide bonds. The molecule has 0 aliphatic carbocycles. The van der Waals surface area contributed by atoms with Crippen LogP contribution in [0, 0.1) is 0 Å². The molecule has 0 aliphatic heterocycles. The number of carbonyl (C=O) groups is 1. The summed E-state index contributed by atoms with van der Waals surface area (Å²) in [7, 11) is -1.35. The highest BCUT2D eigenvalue weighted by Gasteiger charge is 2.18. The second kappa shape index (κ2) is 17.4. The predicted octanol–water partition coefficient (Wildman–Crippen LogP) is 4.05. The van der Waals surface area contributed by atoms with E-state index in [9.17, 15) is 13.2 Å². The highest BCUT2D eigenvalue weighted by Crippen LogP contribution is 2.40. The summed E-state index contributed by atoms with van der Waals surface area (Å²) in [5, 5.41) is 10.9. The molecule has 4 aromatic rings. The van der Waals surface area contributed by atoms with Crippen molar-refractivity contribution in [3.05, 3.63) is 85.5 Å². The van der Waals surface area contributed by atoms with Crippen molar-refractivity contribution in [1.82, 2.24) is 15.0 Å². The van der Waals surface area contributed by atoms with Crippen LogP contribution in [0.1, 0.15) is 0 Å². The first-order valence-corrected chi connectivity index (χ1v) is 13.3. The minimum Gasteiger partial charge on any atom is -0.493 e. The maximum atomic E-state index is 11.8. The van der Waals surface area contributed by atoms with Gasteiger partial charge in [0.2, 0.25) is 11.6 Å². The fourth-order valence-electron chi connectivity index (χ4n) is 3.03. The Kier molecular flexibility index (Phi) is 13.0. The quantitative estimate of drug-likeness (QED) is 0.224.